The van der Waals surface area contributed by atoms with Crippen molar-refractivity contribution in [3.05, 3.63) is 23.5 Å². The third-order valence-corrected chi connectivity index (χ3v) is 9.89. The molecule has 4 rings (SSSR count). The molecule has 9 heteroatoms. The first-order chi connectivity index (χ1) is 15.9. The second kappa shape index (κ2) is 6.90. The normalized spacial score (nSPS) is 44.8. The van der Waals surface area contributed by atoms with E-state index in [2.05, 4.69) is 6.58 Å². The smallest absolute Gasteiger partial charge is 0.322 e. The summed E-state index contributed by atoms with van der Waals surface area (Å²) in [6, 6.07) is 0. The van der Waals surface area contributed by atoms with Crippen LogP contribution in [0.25, 0.3) is 0 Å². The molecule has 0 amide bonds. The number of ketones is 3. The average Bonchev–Trinajstić information content (AvgIpc) is 2.77. The summed E-state index contributed by atoms with van der Waals surface area (Å²) >= 11 is 0. The number of allylic oxidation sites excluding steroid dienone is 1. The molecule has 1 heterocycles. The largest absolute Gasteiger partial charge is 0.504 e. The molecule has 9 nitrogen and oxygen atoms in total. The molecule has 1 aliphatic heterocycles. The lowest BCUT2D eigenvalue weighted by atomic mass is 9.32. The van der Waals surface area contributed by atoms with E-state index in [-0.39, 0.29) is 29.8 Å². The van der Waals surface area contributed by atoms with E-state index in [1.54, 1.807) is 20.8 Å². The van der Waals surface area contributed by atoms with Gasteiger partial charge in [-0.15, -0.1) is 0 Å². The fourth-order valence-electron chi connectivity index (χ4n) is 7.89. The fourth-order valence-corrected chi connectivity index (χ4v) is 7.89. The van der Waals surface area contributed by atoms with Gasteiger partial charge in [-0.25, -0.2) is 0 Å². The first-order valence-electron chi connectivity index (χ1n) is 11.7. The number of rotatable bonds is 1. The Balaban J connectivity index is 2.21. The molecule has 2 saturated carbocycles. The molecule has 35 heavy (non-hydrogen) atoms. The van der Waals surface area contributed by atoms with E-state index in [1.807, 2.05) is 0 Å². The standard InChI is InChI=1S/C26H32O9/c1-11-9-13-23(5)15(28)10-14(27)22(3,4)17(23)16(29)19(31)25(13,7)26(21(33)34-8)18(30)12(2)35-20(32)24(11,26)6/h12-13,15,28-29H,1,9-10H2,2-8H3/t12-,13+,15-,23-,24+,25-,26-/m0/s1. The van der Waals surface area contributed by atoms with Crippen molar-refractivity contribution in [2.75, 3.05) is 7.11 Å². The maximum Gasteiger partial charge on any atom is 0.322 e. The molecule has 190 valence electrons. The quantitative estimate of drug-likeness (QED) is 0.322. The zero-order valence-corrected chi connectivity index (χ0v) is 21.1. The number of methoxy groups -OCH3 is 1. The Kier molecular flexibility index (Phi) is 4.98. The van der Waals surface area contributed by atoms with Gasteiger partial charge >= 0.3 is 11.9 Å². The van der Waals surface area contributed by atoms with Crippen molar-refractivity contribution in [2.45, 2.75) is 66.6 Å². The van der Waals surface area contributed by atoms with Crippen LogP contribution in [0.3, 0.4) is 0 Å². The number of aliphatic hydroxyl groups excluding tert-OH is 2. The number of Topliss-reactive ketones (excluding diaryl/α,β-unsaturated/α-hetero) is 3. The molecule has 1 saturated heterocycles. The molecular weight excluding hydrogens is 456 g/mol. The lowest BCUT2D eigenvalue weighted by molar-refractivity contribution is -0.228. The zero-order chi connectivity index (χ0) is 26.7. The van der Waals surface area contributed by atoms with Gasteiger partial charge in [0.05, 0.1) is 18.6 Å². The van der Waals surface area contributed by atoms with Crippen LogP contribution in [0.15, 0.2) is 23.5 Å². The van der Waals surface area contributed by atoms with Gasteiger partial charge in [0.15, 0.2) is 23.1 Å². The highest BCUT2D eigenvalue weighted by molar-refractivity contribution is 6.20. The molecule has 4 aliphatic rings. The van der Waals surface area contributed by atoms with E-state index >= 15 is 0 Å². The average molecular weight is 489 g/mol. The summed E-state index contributed by atoms with van der Waals surface area (Å²) in [5.41, 5.74) is -8.87. The first-order valence-corrected chi connectivity index (χ1v) is 11.7. The van der Waals surface area contributed by atoms with E-state index in [0.717, 1.165) is 7.11 Å². The Morgan fingerprint density at radius 2 is 1.66 bits per heavy atom. The topological polar surface area (TPSA) is 144 Å². The Morgan fingerprint density at radius 3 is 2.20 bits per heavy atom. The molecular formula is C26H32O9. The highest BCUT2D eigenvalue weighted by Gasteiger charge is 2.85. The van der Waals surface area contributed by atoms with Gasteiger partial charge in [0, 0.05) is 17.3 Å². The third kappa shape index (κ3) is 2.31. The van der Waals surface area contributed by atoms with Crippen molar-refractivity contribution in [2.24, 2.45) is 33.0 Å². The second-order valence-corrected chi connectivity index (χ2v) is 11.4. The minimum Gasteiger partial charge on any atom is -0.504 e. The van der Waals surface area contributed by atoms with E-state index in [9.17, 15) is 34.2 Å². The number of cyclic esters (lactones) is 1. The summed E-state index contributed by atoms with van der Waals surface area (Å²) in [7, 11) is 1.05. The minimum absolute atomic E-state index is 0.0388. The maximum absolute atomic E-state index is 14.2. The first kappa shape index (κ1) is 25.3. The highest BCUT2D eigenvalue weighted by atomic mass is 16.6. The lowest BCUT2D eigenvalue weighted by Crippen LogP contribution is -2.78. The Bertz CT molecular complexity index is 1160. The van der Waals surface area contributed by atoms with Crippen LogP contribution in [0.5, 0.6) is 0 Å². The van der Waals surface area contributed by atoms with Crippen molar-refractivity contribution in [3.8, 4) is 0 Å². The SMILES string of the molecule is C=C1C[C@@H]2[C@]3(C)C(=C(O)C(=O)[C@@]2(C)[C@]2(C(=O)OC)C(=O)[C@H](C)OC(=O)[C@@]12C)C(C)(C)C(=O)C[C@@H]3O. The van der Waals surface area contributed by atoms with Crippen LogP contribution in [0.1, 0.15) is 54.4 Å². The van der Waals surface area contributed by atoms with Crippen LogP contribution >= 0.6 is 0 Å². The van der Waals surface area contributed by atoms with Crippen molar-refractivity contribution < 1.29 is 43.7 Å². The number of hydrogen-bond donors (Lipinski definition) is 2. The predicted octanol–water partition coefficient (Wildman–Crippen LogP) is 2.01. The van der Waals surface area contributed by atoms with Gasteiger partial charge < -0.3 is 19.7 Å². The number of aliphatic hydroxyl groups is 2. The van der Waals surface area contributed by atoms with E-state index in [1.165, 1.54) is 20.8 Å². The Morgan fingerprint density at radius 1 is 1.09 bits per heavy atom. The molecule has 0 radical (unpaired) electrons. The second-order valence-electron chi connectivity index (χ2n) is 11.4. The molecule has 7 atom stereocenters. The molecule has 3 aliphatic carbocycles. The van der Waals surface area contributed by atoms with E-state index < -0.39 is 74.5 Å². The Hall–Kier alpha value is -2.81. The molecule has 0 spiro atoms. The summed E-state index contributed by atoms with van der Waals surface area (Å²) in [5, 5.41) is 22.7. The predicted molar refractivity (Wildman–Crippen MR) is 121 cm³/mol. The van der Waals surface area contributed by atoms with Gasteiger partial charge in [-0.2, -0.15) is 0 Å². The number of carbonyl (C=O) groups excluding carboxylic acids is 5. The third-order valence-electron chi connectivity index (χ3n) is 9.89. The fraction of sp³-hybridized carbons (Fsp3) is 0.654. The van der Waals surface area contributed by atoms with Crippen LogP contribution in [0, 0.1) is 33.0 Å². The summed E-state index contributed by atoms with van der Waals surface area (Å²) in [4.78, 5) is 68.3. The zero-order valence-electron chi connectivity index (χ0n) is 21.1. The van der Waals surface area contributed by atoms with Crippen molar-refractivity contribution >= 4 is 29.3 Å². The molecule has 0 aromatic carbocycles. The summed E-state index contributed by atoms with van der Waals surface area (Å²) in [6.07, 6.45) is -2.99. The van der Waals surface area contributed by atoms with Crippen molar-refractivity contribution in [1.82, 2.24) is 0 Å². The van der Waals surface area contributed by atoms with Crippen LogP contribution in [0.4, 0.5) is 0 Å². The van der Waals surface area contributed by atoms with Crippen LogP contribution in [0.2, 0.25) is 0 Å². The molecule has 0 unspecified atom stereocenters. The van der Waals surface area contributed by atoms with Gasteiger partial charge in [0.1, 0.15) is 11.2 Å². The number of hydrogen-bond acceptors (Lipinski definition) is 9. The van der Waals surface area contributed by atoms with Crippen molar-refractivity contribution in [1.29, 1.82) is 0 Å². The maximum atomic E-state index is 14.2. The molecule has 0 bridgehead atoms. The summed E-state index contributed by atoms with van der Waals surface area (Å²) in [6.45, 7) is 12.9. The Labute approximate surface area is 203 Å². The van der Waals surface area contributed by atoms with Gasteiger partial charge in [-0.1, -0.05) is 26.0 Å². The van der Waals surface area contributed by atoms with Crippen molar-refractivity contribution in [3.63, 3.8) is 0 Å². The summed E-state index contributed by atoms with van der Waals surface area (Å²) in [5.74, 6) is -5.91. The molecule has 0 aromatic rings. The van der Waals surface area contributed by atoms with E-state index in [4.69, 9.17) is 9.47 Å². The number of fused-ring (bicyclic) bond motifs is 5. The summed E-state index contributed by atoms with van der Waals surface area (Å²) < 4.78 is 10.4. The van der Waals surface area contributed by atoms with Gasteiger partial charge in [0.2, 0.25) is 5.78 Å². The van der Waals surface area contributed by atoms with E-state index in [0.29, 0.717) is 0 Å². The number of ether oxygens (including phenoxy) is 2. The molecule has 3 fully saturated rings. The van der Waals surface area contributed by atoms with Gasteiger partial charge in [-0.05, 0) is 45.6 Å². The van der Waals surface area contributed by atoms with Gasteiger partial charge in [-0.3, -0.25) is 24.0 Å². The lowest BCUT2D eigenvalue weighted by Gasteiger charge is -2.68. The monoisotopic (exact) mass is 488 g/mol. The van der Waals surface area contributed by atoms with Gasteiger partial charge in [0.25, 0.3) is 0 Å². The number of esters is 2. The molecule has 0 aromatic heterocycles. The van der Waals surface area contributed by atoms with Crippen LogP contribution in [-0.4, -0.2) is 58.8 Å². The van der Waals surface area contributed by atoms with Crippen LogP contribution < -0.4 is 0 Å². The highest BCUT2D eigenvalue weighted by Crippen LogP contribution is 2.74. The minimum atomic E-state index is -2.42. The molecule has 2 N–H and O–H groups in total. The van der Waals surface area contributed by atoms with Crippen LogP contribution in [-0.2, 0) is 33.4 Å². The number of carbonyl (C=O) groups is 5.